The van der Waals surface area contributed by atoms with Crippen molar-refractivity contribution in [1.29, 1.82) is 0 Å². The molecule has 0 amide bonds. The monoisotopic (exact) mass is 296 g/mol. The lowest BCUT2D eigenvalue weighted by atomic mass is 10.1. The topological polar surface area (TPSA) is 68.0 Å². The van der Waals surface area contributed by atoms with Gasteiger partial charge in [0.25, 0.3) is 0 Å². The largest absolute Gasteiger partial charge is 0.374 e. The van der Waals surface area contributed by atoms with Gasteiger partial charge in [0.15, 0.2) is 0 Å². The molecule has 22 heavy (non-hydrogen) atoms. The van der Waals surface area contributed by atoms with E-state index in [1.165, 1.54) is 0 Å². The maximum atomic E-state index is 4.53. The van der Waals surface area contributed by atoms with Crippen LogP contribution in [0.3, 0.4) is 0 Å². The number of hydrogen-bond donors (Lipinski definition) is 1. The first-order valence-electron chi connectivity index (χ1n) is 7.45. The second-order valence-corrected chi connectivity index (χ2v) is 5.81. The molecule has 1 unspecified atom stereocenters. The molecule has 1 atom stereocenters. The van der Waals surface area contributed by atoms with Gasteiger partial charge in [0.1, 0.15) is 6.33 Å². The van der Waals surface area contributed by atoms with Crippen LogP contribution in [0.4, 0.5) is 5.69 Å². The summed E-state index contributed by atoms with van der Waals surface area (Å²) >= 11 is 0. The van der Waals surface area contributed by atoms with Gasteiger partial charge in [-0.05, 0) is 37.5 Å². The molecule has 3 rings (SSSR count). The Hall–Kier alpha value is -2.50. The number of anilines is 1. The molecule has 6 heteroatoms. The molecule has 1 N–H and O–H groups in total. The van der Waals surface area contributed by atoms with Crippen molar-refractivity contribution in [2.75, 3.05) is 5.32 Å². The zero-order valence-electron chi connectivity index (χ0n) is 13.3. The number of pyridine rings is 1. The van der Waals surface area contributed by atoms with Crippen LogP contribution in [0.25, 0.3) is 5.65 Å². The third kappa shape index (κ3) is 2.64. The maximum absolute atomic E-state index is 4.53. The van der Waals surface area contributed by atoms with Crippen molar-refractivity contribution in [3.05, 3.63) is 47.7 Å². The average molecular weight is 296 g/mol. The van der Waals surface area contributed by atoms with Crippen molar-refractivity contribution in [2.45, 2.75) is 39.7 Å². The molecule has 0 fully saturated rings. The molecule has 0 aliphatic carbocycles. The molecule has 6 nitrogen and oxygen atoms in total. The van der Waals surface area contributed by atoms with E-state index in [0.29, 0.717) is 5.92 Å². The lowest BCUT2D eigenvalue weighted by Crippen LogP contribution is -2.12. The zero-order chi connectivity index (χ0) is 15.7. The van der Waals surface area contributed by atoms with Crippen LogP contribution in [0.1, 0.15) is 49.7 Å². The second kappa shape index (κ2) is 5.71. The SMILES string of the molecule is Cc1cccnc1C(C)Nc1cc(C(C)C)nn2cnnc12. The van der Waals surface area contributed by atoms with Crippen LogP contribution in [0.2, 0.25) is 0 Å². The fourth-order valence-corrected chi connectivity index (χ4v) is 2.49. The summed E-state index contributed by atoms with van der Waals surface area (Å²) < 4.78 is 1.72. The Morgan fingerprint density at radius 3 is 2.77 bits per heavy atom. The first-order chi connectivity index (χ1) is 10.6. The Kier molecular flexibility index (Phi) is 3.75. The lowest BCUT2D eigenvalue weighted by molar-refractivity contribution is 0.758. The highest BCUT2D eigenvalue weighted by Crippen LogP contribution is 2.25. The maximum Gasteiger partial charge on any atom is 0.200 e. The summed E-state index contributed by atoms with van der Waals surface area (Å²) in [4.78, 5) is 4.48. The molecule has 0 saturated heterocycles. The molecule has 3 aromatic heterocycles. The predicted octanol–water partition coefficient (Wildman–Crippen LogP) is 3.12. The fraction of sp³-hybridized carbons (Fsp3) is 0.375. The molecule has 0 aliphatic heterocycles. The van der Waals surface area contributed by atoms with Crippen LogP contribution in [-0.4, -0.2) is 24.8 Å². The molecular formula is C16H20N6. The zero-order valence-corrected chi connectivity index (χ0v) is 13.3. The van der Waals surface area contributed by atoms with Crippen LogP contribution in [0, 0.1) is 6.92 Å². The van der Waals surface area contributed by atoms with E-state index in [0.717, 1.165) is 28.3 Å². The van der Waals surface area contributed by atoms with E-state index in [2.05, 4.69) is 59.4 Å². The standard InChI is InChI=1S/C16H20N6/c1-10(2)13-8-14(16-20-18-9-22(16)21-13)19-12(4)15-11(3)6-5-7-17-15/h5-10,12,19H,1-4H3. The third-order valence-electron chi connectivity index (χ3n) is 3.71. The van der Waals surface area contributed by atoms with Gasteiger partial charge in [-0.25, -0.2) is 0 Å². The van der Waals surface area contributed by atoms with Crippen LogP contribution < -0.4 is 5.32 Å². The van der Waals surface area contributed by atoms with E-state index >= 15 is 0 Å². The minimum absolute atomic E-state index is 0.0733. The van der Waals surface area contributed by atoms with Crippen molar-refractivity contribution in [2.24, 2.45) is 0 Å². The van der Waals surface area contributed by atoms with E-state index in [-0.39, 0.29) is 6.04 Å². The summed E-state index contributed by atoms with van der Waals surface area (Å²) in [5, 5.41) is 16.1. The molecule has 0 saturated carbocycles. The number of nitrogens with one attached hydrogen (secondary N) is 1. The van der Waals surface area contributed by atoms with Crippen LogP contribution in [0.15, 0.2) is 30.7 Å². The number of nitrogens with zero attached hydrogens (tertiary/aromatic N) is 5. The van der Waals surface area contributed by atoms with E-state index < -0.39 is 0 Å². The number of fused-ring (bicyclic) bond motifs is 1. The molecule has 0 aliphatic rings. The predicted molar refractivity (Wildman–Crippen MR) is 85.9 cm³/mol. The van der Waals surface area contributed by atoms with Gasteiger partial charge < -0.3 is 5.32 Å². The van der Waals surface area contributed by atoms with Crippen LogP contribution >= 0.6 is 0 Å². The van der Waals surface area contributed by atoms with E-state index in [1.807, 2.05) is 18.3 Å². The number of hydrogen-bond acceptors (Lipinski definition) is 5. The summed E-state index contributed by atoms with van der Waals surface area (Å²) in [6.07, 6.45) is 3.45. The van der Waals surface area contributed by atoms with Crippen LogP contribution in [0.5, 0.6) is 0 Å². The normalized spacial score (nSPS) is 12.8. The second-order valence-electron chi connectivity index (χ2n) is 5.81. The molecule has 0 radical (unpaired) electrons. The summed E-state index contributed by atoms with van der Waals surface area (Å²) in [7, 11) is 0. The van der Waals surface area contributed by atoms with Gasteiger partial charge >= 0.3 is 0 Å². The molecule has 3 aromatic rings. The fourth-order valence-electron chi connectivity index (χ4n) is 2.49. The Bertz CT molecular complexity index is 792. The van der Waals surface area contributed by atoms with Crippen molar-refractivity contribution in [1.82, 2.24) is 24.8 Å². The Morgan fingerprint density at radius 2 is 2.05 bits per heavy atom. The quantitative estimate of drug-likeness (QED) is 0.801. The van der Waals surface area contributed by atoms with Gasteiger partial charge in [-0.15, -0.1) is 10.2 Å². The smallest absolute Gasteiger partial charge is 0.200 e. The molecular weight excluding hydrogens is 276 g/mol. The summed E-state index contributed by atoms with van der Waals surface area (Å²) in [5.41, 5.74) is 4.85. The van der Waals surface area contributed by atoms with Gasteiger partial charge in [-0.3, -0.25) is 4.98 Å². The van der Waals surface area contributed by atoms with Gasteiger partial charge in [0, 0.05) is 6.20 Å². The minimum atomic E-state index is 0.0733. The van der Waals surface area contributed by atoms with Gasteiger partial charge in [-0.1, -0.05) is 19.9 Å². The first-order valence-corrected chi connectivity index (χ1v) is 7.45. The van der Waals surface area contributed by atoms with Crippen molar-refractivity contribution >= 4 is 11.3 Å². The molecule has 114 valence electrons. The average Bonchev–Trinajstić information content (AvgIpc) is 2.96. The highest BCUT2D eigenvalue weighted by atomic mass is 15.3. The van der Waals surface area contributed by atoms with Crippen molar-refractivity contribution in [3.63, 3.8) is 0 Å². The van der Waals surface area contributed by atoms with E-state index in [1.54, 1.807) is 10.8 Å². The summed E-state index contributed by atoms with van der Waals surface area (Å²) in [5.74, 6) is 0.333. The summed E-state index contributed by atoms with van der Waals surface area (Å²) in [6, 6.07) is 6.14. The Labute approximate surface area is 129 Å². The van der Waals surface area contributed by atoms with Crippen LogP contribution in [-0.2, 0) is 0 Å². The minimum Gasteiger partial charge on any atom is -0.374 e. The third-order valence-corrected chi connectivity index (χ3v) is 3.71. The molecule has 0 bridgehead atoms. The molecule has 3 heterocycles. The van der Waals surface area contributed by atoms with E-state index in [9.17, 15) is 0 Å². The summed E-state index contributed by atoms with van der Waals surface area (Å²) in [6.45, 7) is 8.40. The Balaban J connectivity index is 1.99. The van der Waals surface area contributed by atoms with Crippen molar-refractivity contribution in [3.8, 4) is 0 Å². The Morgan fingerprint density at radius 1 is 1.23 bits per heavy atom. The lowest BCUT2D eigenvalue weighted by Gasteiger charge is -2.18. The van der Waals surface area contributed by atoms with Crippen molar-refractivity contribution < 1.29 is 0 Å². The van der Waals surface area contributed by atoms with Gasteiger partial charge in [0.05, 0.1) is 23.1 Å². The first kappa shape index (κ1) is 14.4. The van der Waals surface area contributed by atoms with Gasteiger partial charge in [-0.2, -0.15) is 9.61 Å². The van der Waals surface area contributed by atoms with Gasteiger partial charge in [0.2, 0.25) is 5.65 Å². The number of aromatic nitrogens is 5. The molecule has 0 spiro atoms. The molecule has 0 aromatic carbocycles. The number of aryl methyl sites for hydroxylation is 1. The highest BCUT2D eigenvalue weighted by Gasteiger charge is 2.15. The highest BCUT2D eigenvalue weighted by molar-refractivity contribution is 5.67. The number of rotatable bonds is 4. The van der Waals surface area contributed by atoms with E-state index in [4.69, 9.17) is 0 Å².